The van der Waals surface area contributed by atoms with Crippen molar-refractivity contribution in [2.24, 2.45) is 11.8 Å². The molecule has 0 aliphatic carbocycles. The summed E-state index contributed by atoms with van der Waals surface area (Å²) in [7, 11) is 0. The predicted octanol–water partition coefficient (Wildman–Crippen LogP) is 5.32. The summed E-state index contributed by atoms with van der Waals surface area (Å²) < 4.78 is 0. The van der Waals surface area contributed by atoms with E-state index in [1.165, 1.54) is 0 Å². The Morgan fingerprint density at radius 3 is 0.868 bits per heavy atom. The summed E-state index contributed by atoms with van der Waals surface area (Å²) in [6.45, 7) is 6.95. The second-order valence-corrected chi connectivity index (χ2v) is 17.9. The number of carbonyl (C=O) groups is 4. The van der Waals surface area contributed by atoms with Crippen molar-refractivity contribution in [1.82, 2.24) is 21.3 Å². The second kappa shape index (κ2) is 23.2. The van der Waals surface area contributed by atoms with Gasteiger partial charge in [0, 0.05) is 0 Å². The van der Waals surface area contributed by atoms with Gasteiger partial charge in [-0.3, -0.25) is 19.2 Å². The van der Waals surface area contributed by atoms with Gasteiger partial charge in [-0.1, -0.05) is 210 Å². The Labute approximate surface area is 398 Å². The molecule has 4 amide bonds. The third-order valence-corrected chi connectivity index (χ3v) is 12.3. The van der Waals surface area contributed by atoms with E-state index >= 15 is 0 Å². The van der Waals surface area contributed by atoms with Crippen molar-refractivity contribution in [2.45, 2.75) is 88.1 Å². The number of rotatable bonds is 21. The maximum absolute atomic E-state index is 14.5. The molecule has 6 rings (SSSR count). The summed E-state index contributed by atoms with van der Waals surface area (Å²) in [6, 6.07) is 47.0. The minimum absolute atomic E-state index is 0.0375. The predicted molar refractivity (Wildman–Crippen MR) is 261 cm³/mol. The molecule has 354 valence electrons. The van der Waals surface area contributed by atoms with Crippen molar-refractivity contribution < 1.29 is 39.6 Å². The first kappa shape index (κ1) is 50.5. The molecule has 6 aromatic rings. The van der Waals surface area contributed by atoms with Gasteiger partial charge in [0.2, 0.25) is 11.8 Å². The van der Waals surface area contributed by atoms with Gasteiger partial charge in [0.25, 0.3) is 11.8 Å². The topological polar surface area (TPSA) is 197 Å². The van der Waals surface area contributed by atoms with Gasteiger partial charge in [-0.15, -0.1) is 0 Å². The van der Waals surface area contributed by atoms with Crippen LogP contribution in [0.2, 0.25) is 0 Å². The molecule has 0 aromatic heterocycles. The van der Waals surface area contributed by atoms with Crippen LogP contribution in [0.1, 0.15) is 61.1 Å². The van der Waals surface area contributed by atoms with E-state index in [0.717, 1.165) is 0 Å². The highest BCUT2D eigenvalue weighted by Gasteiger charge is 2.45. The number of benzene rings is 6. The Kier molecular flexibility index (Phi) is 17.2. The van der Waals surface area contributed by atoms with Gasteiger partial charge >= 0.3 is 0 Å². The van der Waals surface area contributed by atoms with Gasteiger partial charge < -0.3 is 41.7 Å². The van der Waals surface area contributed by atoms with Crippen LogP contribution in [0.3, 0.4) is 0 Å². The number of carbonyl (C=O) groups excluding carboxylic acids is 4. The van der Waals surface area contributed by atoms with Gasteiger partial charge in [-0.2, -0.15) is 0 Å². The first-order valence-corrected chi connectivity index (χ1v) is 23.0. The lowest BCUT2D eigenvalue weighted by Crippen LogP contribution is -2.62. The first-order valence-electron chi connectivity index (χ1n) is 23.0. The van der Waals surface area contributed by atoms with Gasteiger partial charge in [0.05, 0.1) is 12.1 Å². The average molecular weight is 919 g/mol. The van der Waals surface area contributed by atoms with Gasteiger partial charge in [-0.05, 0) is 58.1 Å². The molecule has 6 aromatic carbocycles. The number of hydrogen-bond acceptors (Lipinski definition) is 8. The molecular weight excluding hydrogens is 857 g/mol. The van der Waals surface area contributed by atoms with Crippen LogP contribution in [-0.4, -0.2) is 80.4 Å². The van der Waals surface area contributed by atoms with Crippen LogP contribution < -0.4 is 21.3 Å². The van der Waals surface area contributed by atoms with E-state index in [9.17, 15) is 39.6 Å². The summed E-state index contributed by atoms with van der Waals surface area (Å²) in [6.07, 6.45) is -3.35. The van der Waals surface area contributed by atoms with E-state index in [0.29, 0.717) is 33.4 Å². The Balaban J connectivity index is 1.29. The molecule has 6 atom stereocenters. The third kappa shape index (κ3) is 11.9. The molecular formula is C56H62N4O8. The first-order chi connectivity index (χ1) is 32.6. The highest BCUT2D eigenvalue weighted by Crippen LogP contribution is 2.32. The van der Waals surface area contributed by atoms with Crippen LogP contribution in [0, 0.1) is 11.8 Å². The summed E-state index contributed by atoms with van der Waals surface area (Å²) in [5, 5.41) is 60.4. The molecule has 12 heteroatoms. The molecule has 0 radical (unpaired) electrons. The zero-order valence-corrected chi connectivity index (χ0v) is 38.8. The molecule has 68 heavy (non-hydrogen) atoms. The zero-order valence-electron chi connectivity index (χ0n) is 38.8. The number of aliphatic hydroxyl groups excluding tert-OH is 2. The van der Waals surface area contributed by atoms with Crippen molar-refractivity contribution in [2.75, 3.05) is 0 Å². The third-order valence-electron chi connectivity index (χ3n) is 12.3. The quantitative estimate of drug-likeness (QED) is 0.0475. The normalized spacial score (nSPS) is 14.4. The number of nitrogens with one attached hydrogen (secondary N) is 4. The summed E-state index contributed by atoms with van der Waals surface area (Å²) in [5.74, 6) is -4.06. The van der Waals surface area contributed by atoms with Crippen molar-refractivity contribution in [3.05, 3.63) is 215 Å². The van der Waals surface area contributed by atoms with Gasteiger partial charge in [-0.25, -0.2) is 0 Å². The summed E-state index contributed by atoms with van der Waals surface area (Å²) >= 11 is 0. The second-order valence-electron chi connectivity index (χ2n) is 17.9. The van der Waals surface area contributed by atoms with Crippen LogP contribution in [0.25, 0.3) is 0 Å². The number of aliphatic hydroxyl groups is 4. The maximum atomic E-state index is 14.5. The summed E-state index contributed by atoms with van der Waals surface area (Å²) in [5.41, 5.74) is -1.75. The molecule has 0 spiro atoms. The monoisotopic (exact) mass is 918 g/mol. The number of amides is 4. The lowest BCUT2D eigenvalue weighted by Gasteiger charge is -2.36. The fourth-order valence-electron chi connectivity index (χ4n) is 8.41. The Morgan fingerprint density at radius 1 is 0.397 bits per heavy atom. The Bertz CT molecular complexity index is 2270. The van der Waals surface area contributed by atoms with E-state index in [2.05, 4.69) is 21.3 Å². The molecule has 0 fully saturated rings. The van der Waals surface area contributed by atoms with Crippen LogP contribution in [0.4, 0.5) is 0 Å². The Morgan fingerprint density at radius 2 is 0.632 bits per heavy atom. The Hall–Kier alpha value is -6.96. The van der Waals surface area contributed by atoms with E-state index in [4.69, 9.17) is 0 Å². The highest BCUT2D eigenvalue weighted by atomic mass is 16.3. The molecule has 8 N–H and O–H groups in total. The molecule has 0 heterocycles. The highest BCUT2D eigenvalue weighted by molar-refractivity contribution is 5.95. The van der Waals surface area contributed by atoms with Crippen molar-refractivity contribution in [1.29, 1.82) is 0 Å². The zero-order chi connectivity index (χ0) is 48.8. The fourth-order valence-corrected chi connectivity index (χ4v) is 8.41. The lowest BCUT2D eigenvalue weighted by molar-refractivity contribution is -0.141. The molecule has 12 nitrogen and oxygen atoms in total. The largest absolute Gasteiger partial charge is 0.388 e. The van der Waals surface area contributed by atoms with Gasteiger partial charge in [0.15, 0.2) is 11.2 Å². The SMILES string of the molecule is CC(C)[C@H](NC(=O)C(O)(c1ccccc1)c1ccccc1)C(=O)N[C@@H](Cc1ccccc1)[C@@H](O)[C@H](O)[C@H](Cc1ccccc1)NC(=O)[C@@H](NC(=O)C(O)(c1ccccc1)c1ccccc1)C(C)C. The smallest absolute Gasteiger partial charge is 0.262 e. The molecule has 0 saturated heterocycles. The fraction of sp³-hybridized carbons (Fsp3) is 0.286. The van der Waals surface area contributed by atoms with E-state index in [1.54, 1.807) is 173 Å². The van der Waals surface area contributed by atoms with Crippen LogP contribution in [-0.2, 0) is 43.2 Å². The standard InChI is InChI=1S/C56H62N4O8/c1-37(2)47(59-53(65)55(67,41-27-15-7-16-28-41)42-29-17-8-18-30-42)51(63)57-45(35-39-23-11-5-12-24-39)49(61)50(62)46(36-40-25-13-6-14-26-40)58-52(64)48(38(3)4)60-54(66)56(68,43-31-19-9-20-32-43)44-33-21-10-22-34-44/h5-34,37-38,45-50,61-62,67-68H,35-36H2,1-4H3,(H,57,63)(H,58,64)(H,59,65)(H,60,66)/t45-,46-,47-,48-,49+,50+/m0/s1. The molecule has 0 saturated carbocycles. The molecule has 0 aliphatic rings. The van der Waals surface area contributed by atoms with Crippen LogP contribution in [0.15, 0.2) is 182 Å². The van der Waals surface area contributed by atoms with Crippen molar-refractivity contribution in [3.63, 3.8) is 0 Å². The number of hydrogen-bond donors (Lipinski definition) is 8. The van der Waals surface area contributed by atoms with Crippen molar-refractivity contribution >= 4 is 23.6 Å². The maximum Gasteiger partial charge on any atom is 0.262 e. The van der Waals surface area contributed by atoms with E-state index in [-0.39, 0.29) is 12.8 Å². The minimum Gasteiger partial charge on any atom is -0.388 e. The summed E-state index contributed by atoms with van der Waals surface area (Å²) in [4.78, 5) is 57.7. The van der Waals surface area contributed by atoms with E-state index in [1.807, 2.05) is 36.4 Å². The molecule has 0 aliphatic heterocycles. The minimum atomic E-state index is -2.17. The van der Waals surface area contributed by atoms with E-state index < -0.39 is 83.0 Å². The molecule has 0 bridgehead atoms. The van der Waals surface area contributed by atoms with Gasteiger partial charge in [0.1, 0.15) is 24.3 Å². The van der Waals surface area contributed by atoms with Crippen LogP contribution in [0.5, 0.6) is 0 Å². The molecule has 0 unspecified atom stereocenters. The average Bonchev–Trinajstić information content (AvgIpc) is 3.37. The lowest BCUT2D eigenvalue weighted by atomic mass is 9.84. The van der Waals surface area contributed by atoms with Crippen LogP contribution >= 0.6 is 0 Å². The van der Waals surface area contributed by atoms with Crippen molar-refractivity contribution in [3.8, 4) is 0 Å².